The molecule has 134 valence electrons. The Morgan fingerprint density at radius 2 is 1.88 bits per heavy atom. The number of piperidine rings is 1. The van der Waals surface area contributed by atoms with Gasteiger partial charge in [0.1, 0.15) is 5.82 Å². The van der Waals surface area contributed by atoms with Crippen LogP contribution in [0.3, 0.4) is 0 Å². The lowest BCUT2D eigenvalue weighted by Crippen LogP contribution is -2.30. The van der Waals surface area contributed by atoms with E-state index >= 15 is 0 Å². The van der Waals surface area contributed by atoms with Gasteiger partial charge in [-0.15, -0.1) is 0 Å². The maximum Gasteiger partial charge on any atom is 0.227 e. The molecule has 1 fully saturated rings. The van der Waals surface area contributed by atoms with E-state index in [9.17, 15) is 4.79 Å². The molecule has 1 aromatic heterocycles. The number of hydrogen-bond acceptors (Lipinski definition) is 3. The summed E-state index contributed by atoms with van der Waals surface area (Å²) in [5.41, 5.74) is 3.07. The lowest BCUT2D eigenvalue weighted by atomic mass is 10.0. The number of pyridine rings is 1. The highest BCUT2D eigenvalue weighted by Crippen LogP contribution is 2.27. The Labute approximate surface area is 150 Å². The highest BCUT2D eigenvalue weighted by atomic mass is 16.1. The second kappa shape index (κ2) is 7.85. The Bertz CT molecular complexity index is 746. The highest BCUT2D eigenvalue weighted by molar-refractivity contribution is 5.95. The van der Waals surface area contributed by atoms with Gasteiger partial charge in [-0.3, -0.25) is 4.79 Å². The maximum absolute atomic E-state index is 12.3. The number of rotatable bonds is 5. The van der Waals surface area contributed by atoms with Crippen LogP contribution in [-0.4, -0.2) is 24.0 Å². The quantitative estimate of drug-likeness (QED) is 0.842. The van der Waals surface area contributed by atoms with E-state index in [0.717, 1.165) is 48.3 Å². The fourth-order valence-corrected chi connectivity index (χ4v) is 3.64. The molecule has 25 heavy (non-hydrogen) atoms. The number of nitrogens with zero attached hydrogens (tertiary/aromatic N) is 2. The van der Waals surface area contributed by atoms with E-state index in [1.807, 2.05) is 12.1 Å². The number of hydrogen-bond donors (Lipinski definition) is 1. The van der Waals surface area contributed by atoms with Crippen LogP contribution in [0.15, 0.2) is 24.3 Å². The molecule has 1 aromatic carbocycles. The van der Waals surface area contributed by atoms with Crippen LogP contribution in [0.4, 0.5) is 11.5 Å². The monoisotopic (exact) mass is 339 g/mol. The molecule has 2 heterocycles. The third kappa shape index (κ3) is 3.94. The van der Waals surface area contributed by atoms with Crippen molar-refractivity contribution in [1.29, 1.82) is 0 Å². The molecule has 4 heteroatoms. The molecule has 0 bridgehead atoms. The number of anilines is 2. The predicted octanol–water partition coefficient (Wildman–Crippen LogP) is 4.91. The zero-order valence-electron chi connectivity index (χ0n) is 15.6. The lowest BCUT2D eigenvalue weighted by molar-refractivity contribution is -0.120. The van der Waals surface area contributed by atoms with E-state index in [-0.39, 0.29) is 11.8 Å². The molecule has 2 aromatic rings. The first-order valence-electron chi connectivity index (χ1n) is 9.59. The number of nitrogens with one attached hydrogen (secondary N) is 1. The number of fused-ring (bicyclic) bond motifs is 1. The molecule has 0 saturated carbocycles. The molecule has 1 aliphatic rings. The van der Waals surface area contributed by atoms with Crippen molar-refractivity contribution >= 4 is 28.3 Å². The van der Waals surface area contributed by atoms with E-state index in [4.69, 9.17) is 4.98 Å². The smallest absolute Gasteiger partial charge is 0.227 e. The molecule has 1 aliphatic heterocycles. The van der Waals surface area contributed by atoms with Gasteiger partial charge in [-0.25, -0.2) is 4.98 Å². The summed E-state index contributed by atoms with van der Waals surface area (Å²) < 4.78 is 0. The minimum atomic E-state index is 0.0800. The fraction of sp³-hybridized carbons (Fsp3) is 0.524. The molecule has 0 aliphatic carbocycles. The van der Waals surface area contributed by atoms with Crippen LogP contribution in [0.25, 0.3) is 10.9 Å². The Hall–Kier alpha value is -2.10. The van der Waals surface area contributed by atoms with Crippen LogP contribution in [-0.2, 0) is 4.79 Å². The molecule has 0 atom stereocenters. The topological polar surface area (TPSA) is 45.2 Å². The van der Waals surface area contributed by atoms with Crippen molar-refractivity contribution in [2.45, 2.75) is 52.9 Å². The van der Waals surface area contributed by atoms with Gasteiger partial charge in [0.2, 0.25) is 5.91 Å². The molecule has 0 radical (unpaired) electrons. The van der Waals surface area contributed by atoms with Crippen LogP contribution >= 0.6 is 0 Å². The first kappa shape index (κ1) is 17.7. The zero-order chi connectivity index (χ0) is 17.8. The van der Waals surface area contributed by atoms with Gasteiger partial charge in [0.25, 0.3) is 0 Å². The second-order valence-corrected chi connectivity index (χ2v) is 7.08. The Morgan fingerprint density at radius 3 is 2.56 bits per heavy atom. The maximum atomic E-state index is 12.3. The third-order valence-corrected chi connectivity index (χ3v) is 5.31. The van der Waals surface area contributed by atoms with Crippen molar-refractivity contribution in [2.24, 2.45) is 5.92 Å². The van der Waals surface area contributed by atoms with Gasteiger partial charge in [0, 0.05) is 30.1 Å². The van der Waals surface area contributed by atoms with Gasteiger partial charge in [0.05, 0.1) is 5.52 Å². The Morgan fingerprint density at radius 1 is 1.16 bits per heavy atom. The number of aryl methyl sites for hydroxylation is 1. The van der Waals surface area contributed by atoms with Crippen LogP contribution < -0.4 is 10.2 Å². The summed E-state index contributed by atoms with van der Waals surface area (Å²) in [6, 6.07) is 8.23. The summed E-state index contributed by atoms with van der Waals surface area (Å²) in [4.78, 5) is 19.6. The van der Waals surface area contributed by atoms with Crippen LogP contribution in [0.1, 0.15) is 51.5 Å². The van der Waals surface area contributed by atoms with Crippen LogP contribution in [0, 0.1) is 12.8 Å². The first-order chi connectivity index (χ1) is 12.1. The Balaban J connectivity index is 1.85. The summed E-state index contributed by atoms with van der Waals surface area (Å²) in [5, 5.41) is 4.18. The van der Waals surface area contributed by atoms with Crippen molar-refractivity contribution in [2.75, 3.05) is 23.3 Å². The van der Waals surface area contributed by atoms with Gasteiger partial charge in [-0.2, -0.15) is 0 Å². The minimum Gasteiger partial charge on any atom is -0.357 e. The fourth-order valence-electron chi connectivity index (χ4n) is 3.64. The van der Waals surface area contributed by atoms with Crippen molar-refractivity contribution in [1.82, 2.24) is 4.98 Å². The number of amides is 1. The zero-order valence-corrected chi connectivity index (χ0v) is 15.6. The molecular weight excluding hydrogens is 310 g/mol. The summed E-state index contributed by atoms with van der Waals surface area (Å²) in [5.74, 6) is 1.27. The SMILES string of the molecule is CCC(CC)C(=O)Nc1ccc2nc(N3CCCCC3)cc(C)c2c1. The van der Waals surface area contributed by atoms with Gasteiger partial charge < -0.3 is 10.2 Å². The van der Waals surface area contributed by atoms with E-state index in [2.05, 4.69) is 43.1 Å². The molecule has 1 amide bonds. The van der Waals surface area contributed by atoms with Crippen LogP contribution in [0.5, 0.6) is 0 Å². The third-order valence-electron chi connectivity index (χ3n) is 5.31. The van der Waals surface area contributed by atoms with Crippen molar-refractivity contribution in [3.8, 4) is 0 Å². The van der Waals surface area contributed by atoms with Crippen molar-refractivity contribution < 1.29 is 4.79 Å². The van der Waals surface area contributed by atoms with Gasteiger partial charge >= 0.3 is 0 Å². The van der Waals surface area contributed by atoms with Crippen molar-refractivity contribution in [3.05, 3.63) is 29.8 Å². The normalized spacial score (nSPS) is 15.0. The van der Waals surface area contributed by atoms with E-state index < -0.39 is 0 Å². The number of benzene rings is 1. The molecule has 0 unspecified atom stereocenters. The predicted molar refractivity (Wildman–Crippen MR) is 105 cm³/mol. The summed E-state index contributed by atoms with van der Waals surface area (Å²) >= 11 is 0. The largest absolute Gasteiger partial charge is 0.357 e. The molecule has 4 nitrogen and oxygen atoms in total. The average Bonchev–Trinajstić information content (AvgIpc) is 2.64. The summed E-state index contributed by atoms with van der Waals surface area (Å²) in [6.45, 7) is 8.45. The highest BCUT2D eigenvalue weighted by Gasteiger charge is 2.16. The molecular formula is C21H29N3O. The first-order valence-corrected chi connectivity index (χ1v) is 9.59. The molecule has 0 spiro atoms. The number of aromatic nitrogens is 1. The standard InChI is InChI=1S/C21H29N3O/c1-4-16(5-2)21(25)22-17-9-10-19-18(14-17)15(3)13-20(23-19)24-11-7-6-8-12-24/h9-10,13-14,16H,4-8,11-12H2,1-3H3,(H,22,25). The lowest BCUT2D eigenvalue weighted by Gasteiger charge is -2.28. The summed E-state index contributed by atoms with van der Waals surface area (Å²) in [7, 11) is 0. The molecule has 3 rings (SSSR count). The molecule has 1 saturated heterocycles. The van der Waals surface area contributed by atoms with E-state index in [1.165, 1.54) is 24.8 Å². The summed E-state index contributed by atoms with van der Waals surface area (Å²) in [6.07, 6.45) is 5.56. The van der Waals surface area contributed by atoms with Gasteiger partial charge in [-0.05, 0) is 68.9 Å². The van der Waals surface area contributed by atoms with Gasteiger partial charge in [0.15, 0.2) is 0 Å². The minimum absolute atomic E-state index is 0.0800. The molecule has 1 N–H and O–H groups in total. The second-order valence-electron chi connectivity index (χ2n) is 7.08. The van der Waals surface area contributed by atoms with Crippen molar-refractivity contribution in [3.63, 3.8) is 0 Å². The number of carbonyl (C=O) groups excluding carboxylic acids is 1. The van der Waals surface area contributed by atoms with Crippen LogP contribution in [0.2, 0.25) is 0 Å². The average molecular weight is 339 g/mol. The van der Waals surface area contributed by atoms with E-state index in [0.29, 0.717) is 0 Å². The van der Waals surface area contributed by atoms with E-state index in [1.54, 1.807) is 0 Å². The van der Waals surface area contributed by atoms with Gasteiger partial charge in [-0.1, -0.05) is 13.8 Å². The number of carbonyl (C=O) groups is 1. The Kier molecular flexibility index (Phi) is 5.57.